The van der Waals surface area contributed by atoms with Crippen LogP contribution in [-0.2, 0) is 21.2 Å². The first-order chi connectivity index (χ1) is 11.5. The van der Waals surface area contributed by atoms with Gasteiger partial charge in [0, 0.05) is 6.42 Å². The summed E-state index contributed by atoms with van der Waals surface area (Å²) in [7, 11) is -3.74. The van der Waals surface area contributed by atoms with Gasteiger partial charge < -0.3 is 0 Å². The van der Waals surface area contributed by atoms with E-state index < -0.39 is 15.9 Å². The summed E-state index contributed by atoms with van der Waals surface area (Å²) in [4.78, 5) is 11.9. The van der Waals surface area contributed by atoms with E-state index in [1.807, 2.05) is 20.8 Å². The van der Waals surface area contributed by atoms with Crippen LogP contribution in [0.1, 0.15) is 78.2 Å². The Bertz CT molecular complexity index is 550. The Morgan fingerprint density at radius 1 is 0.917 bits per heavy atom. The van der Waals surface area contributed by atoms with Gasteiger partial charge in [0.15, 0.2) is 0 Å². The number of sulfonamides is 1. The molecule has 5 heteroatoms. The van der Waals surface area contributed by atoms with Crippen LogP contribution in [0.25, 0.3) is 0 Å². The van der Waals surface area contributed by atoms with Gasteiger partial charge in [-0.2, -0.15) is 0 Å². The molecule has 1 aromatic rings. The maximum absolute atomic E-state index is 12.1. The van der Waals surface area contributed by atoms with Crippen molar-refractivity contribution in [1.82, 2.24) is 4.72 Å². The minimum absolute atomic E-state index is 0.140. The van der Waals surface area contributed by atoms with Gasteiger partial charge in [-0.3, -0.25) is 4.79 Å². The molecule has 1 amide bonds. The van der Waals surface area contributed by atoms with Gasteiger partial charge in [0.05, 0.1) is 4.90 Å². The van der Waals surface area contributed by atoms with Crippen molar-refractivity contribution in [3.63, 3.8) is 0 Å². The maximum atomic E-state index is 12.1. The van der Waals surface area contributed by atoms with Gasteiger partial charge in [-0.05, 0) is 30.5 Å². The summed E-state index contributed by atoms with van der Waals surface area (Å²) < 4.78 is 26.3. The summed E-state index contributed by atoms with van der Waals surface area (Å²) in [6.07, 6.45) is 7.51. The summed E-state index contributed by atoms with van der Waals surface area (Å²) in [6, 6.07) is 6.62. The highest BCUT2D eigenvalue weighted by molar-refractivity contribution is 7.90. The monoisotopic (exact) mass is 355 g/mol. The molecule has 0 saturated heterocycles. The molecule has 138 valence electrons. The van der Waals surface area contributed by atoms with Gasteiger partial charge in [-0.25, -0.2) is 13.1 Å². The molecule has 0 radical (unpaired) electrons. The number of amides is 1. The van der Waals surface area contributed by atoms with Crippen LogP contribution in [0.3, 0.4) is 0 Å². The first-order valence-electron chi connectivity index (χ1n) is 9.14. The smallest absolute Gasteiger partial charge is 0.264 e. The summed E-state index contributed by atoms with van der Waals surface area (Å²) in [5.74, 6) is -0.421. The van der Waals surface area contributed by atoms with Crippen molar-refractivity contribution in [2.75, 3.05) is 0 Å². The molecule has 0 heterocycles. The summed E-state index contributed by atoms with van der Waals surface area (Å²) in [6.45, 7) is 8.16. The minimum atomic E-state index is -3.74. The number of aryl methyl sites for hydroxylation is 1. The van der Waals surface area contributed by atoms with E-state index in [-0.39, 0.29) is 11.3 Å². The lowest BCUT2D eigenvalue weighted by atomic mass is 10.1. The van der Waals surface area contributed by atoms with E-state index in [1.165, 1.54) is 19.3 Å². The standard InChI is InChI=1S/C17H27NO3S.C2H6/c1-3-5-6-7-8-9-10-17(19)18-22(20,21)16-13-11-15(4-2)12-14-16;1-2/h11-14H,3-10H2,1-2H3,(H,18,19);1-2H3. The van der Waals surface area contributed by atoms with Crippen LogP contribution < -0.4 is 4.72 Å². The van der Waals surface area contributed by atoms with Gasteiger partial charge in [0.1, 0.15) is 0 Å². The molecule has 0 fully saturated rings. The Hall–Kier alpha value is -1.36. The lowest BCUT2D eigenvalue weighted by molar-refractivity contribution is -0.119. The summed E-state index contributed by atoms with van der Waals surface area (Å²) in [5.41, 5.74) is 1.07. The van der Waals surface area contributed by atoms with E-state index in [1.54, 1.807) is 24.3 Å². The van der Waals surface area contributed by atoms with Crippen molar-refractivity contribution in [2.24, 2.45) is 0 Å². The predicted molar refractivity (Wildman–Crippen MR) is 100 cm³/mol. The lowest BCUT2D eigenvalue weighted by Crippen LogP contribution is -2.30. The minimum Gasteiger partial charge on any atom is -0.274 e. The molecule has 4 nitrogen and oxygen atoms in total. The van der Waals surface area contributed by atoms with Crippen LogP contribution in [0.2, 0.25) is 0 Å². The van der Waals surface area contributed by atoms with Crippen molar-refractivity contribution in [2.45, 2.75) is 84.0 Å². The molecular weight excluding hydrogens is 322 g/mol. The first kappa shape index (κ1) is 22.6. The number of benzene rings is 1. The first-order valence-corrected chi connectivity index (χ1v) is 10.6. The van der Waals surface area contributed by atoms with Crippen LogP contribution in [0.15, 0.2) is 29.2 Å². The molecule has 0 aromatic heterocycles. The second kappa shape index (κ2) is 13.0. The fourth-order valence-corrected chi connectivity index (χ4v) is 3.24. The Balaban J connectivity index is 0.00000254. The van der Waals surface area contributed by atoms with E-state index in [9.17, 15) is 13.2 Å². The molecule has 0 bridgehead atoms. The molecule has 0 aliphatic heterocycles. The van der Waals surface area contributed by atoms with Gasteiger partial charge in [0.25, 0.3) is 10.0 Å². The average molecular weight is 356 g/mol. The van der Waals surface area contributed by atoms with Crippen molar-refractivity contribution in [1.29, 1.82) is 0 Å². The normalized spacial score (nSPS) is 10.7. The van der Waals surface area contributed by atoms with Crippen LogP contribution in [-0.4, -0.2) is 14.3 Å². The molecule has 24 heavy (non-hydrogen) atoms. The predicted octanol–water partition coefficient (Wildman–Crippen LogP) is 4.83. The van der Waals surface area contributed by atoms with Crippen LogP contribution in [0, 0.1) is 0 Å². The van der Waals surface area contributed by atoms with Crippen molar-refractivity contribution in [3.05, 3.63) is 29.8 Å². The van der Waals surface area contributed by atoms with Crippen molar-refractivity contribution < 1.29 is 13.2 Å². The third-order valence-corrected chi connectivity index (χ3v) is 5.04. The highest BCUT2D eigenvalue weighted by Crippen LogP contribution is 2.12. The van der Waals surface area contributed by atoms with Crippen LogP contribution >= 0.6 is 0 Å². The second-order valence-corrected chi connectivity index (χ2v) is 7.23. The maximum Gasteiger partial charge on any atom is 0.264 e. The molecule has 0 spiro atoms. The van der Waals surface area contributed by atoms with Gasteiger partial charge in [-0.1, -0.05) is 71.9 Å². The number of carbonyl (C=O) groups excluding carboxylic acids is 1. The molecule has 0 aliphatic carbocycles. The van der Waals surface area contributed by atoms with E-state index in [4.69, 9.17) is 0 Å². The number of rotatable bonds is 10. The Kier molecular flexibility index (Phi) is 12.3. The highest BCUT2D eigenvalue weighted by Gasteiger charge is 2.16. The molecule has 0 unspecified atom stereocenters. The molecule has 0 atom stereocenters. The lowest BCUT2D eigenvalue weighted by Gasteiger charge is -2.07. The quantitative estimate of drug-likeness (QED) is 0.611. The number of hydrogen-bond acceptors (Lipinski definition) is 3. The van der Waals surface area contributed by atoms with Gasteiger partial charge >= 0.3 is 0 Å². The molecular formula is C19H33NO3S. The number of unbranched alkanes of at least 4 members (excludes halogenated alkanes) is 5. The number of hydrogen-bond donors (Lipinski definition) is 1. The molecule has 0 aliphatic rings. The summed E-state index contributed by atoms with van der Waals surface area (Å²) in [5, 5.41) is 0. The Morgan fingerprint density at radius 3 is 2.00 bits per heavy atom. The van der Waals surface area contributed by atoms with Gasteiger partial charge in [0.2, 0.25) is 5.91 Å². The Labute approximate surface area is 148 Å². The largest absolute Gasteiger partial charge is 0.274 e. The summed E-state index contributed by atoms with van der Waals surface area (Å²) >= 11 is 0. The van der Waals surface area contributed by atoms with E-state index >= 15 is 0 Å². The molecule has 1 N–H and O–H groups in total. The zero-order valence-electron chi connectivity index (χ0n) is 15.6. The zero-order chi connectivity index (χ0) is 18.4. The molecule has 1 aromatic carbocycles. The van der Waals surface area contributed by atoms with Crippen molar-refractivity contribution >= 4 is 15.9 Å². The third kappa shape index (κ3) is 9.06. The topological polar surface area (TPSA) is 63.2 Å². The van der Waals surface area contributed by atoms with E-state index in [2.05, 4.69) is 11.6 Å². The SMILES string of the molecule is CC.CCCCCCCCC(=O)NS(=O)(=O)c1ccc(CC)cc1. The second-order valence-electron chi connectivity index (χ2n) is 5.54. The highest BCUT2D eigenvalue weighted by atomic mass is 32.2. The fraction of sp³-hybridized carbons (Fsp3) is 0.632. The van der Waals surface area contributed by atoms with Gasteiger partial charge in [-0.15, -0.1) is 0 Å². The van der Waals surface area contributed by atoms with Crippen LogP contribution in [0.4, 0.5) is 0 Å². The van der Waals surface area contributed by atoms with E-state index in [0.717, 1.165) is 31.2 Å². The number of carbonyl (C=O) groups is 1. The van der Waals surface area contributed by atoms with Crippen molar-refractivity contribution in [3.8, 4) is 0 Å². The van der Waals surface area contributed by atoms with E-state index in [0.29, 0.717) is 0 Å². The average Bonchev–Trinajstić information content (AvgIpc) is 2.59. The Morgan fingerprint density at radius 2 is 1.46 bits per heavy atom. The number of nitrogens with one attached hydrogen (secondary N) is 1. The zero-order valence-corrected chi connectivity index (χ0v) is 16.4. The fourth-order valence-electron chi connectivity index (χ4n) is 2.23. The molecule has 1 rings (SSSR count). The third-order valence-electron chi connectivity index (χ3n) is 3.65. The molecule has 0 saturated carbocycles. The van der Waals surface area contributed by atoms with Crippen LogP contribution in [0.5, 0.6) is 0 Å².